The molecule has 0 bridgehead atoms. The molecule has 2 aromatic rings. The number of nitrogens with one attached hydrogen (secondary N) is 2. The summed E-state index contributed by atoms with van der Waals surface area (Å²) in [6.45, 7) is -0.00140. The quantitative estimate of drug-likeness (QED) is 0.619. The minimum absolute atomic E-state index is 0.00313. The van der Waals surface area contributed by atoms with Gasteiger partial charge in [-0.15, -0.1) is 0 Å². The van der Waals surface area contributed by atoms with Gasteiger partial charge in [-0.25, -0.2) is 26.7 Å². The summed E-state index contributed by atoms with van der Waals surface area (Å²) in [6.07, 6.45) is 0.356. The molecular weight excluding hydrogens is 394 g/mol. The molecule has 2 aromatic carbocycles. The minimum atomic E-state index is -3.79. The first-order valence-electron chi connectivity index (χ1n) is 7.83. The van der Waals surface area contributed by atoms with Crippen LogP contribution in [0, 0.1) is 0 Å². The first kappa shape index (κ1) is 19.3. The van der Waals surface area contributed by atoms with E-state index in [2.05, 4.69) is 10.0 Å². The number of carbonyl (C=O) groups is 1. The zero-order chi connectivity index (χ0) is 19.7. The van der Waals surface area contributed by atoms with E-state index in [1.54, 1.807) is 12.1 Å². The lowest BCUT2D eigenvalue weighted by Crippen LogP contribution is -2.28. The van der Waals surface area contributed by atoms with Crippen LogP contribution in [0.1, 0.15) is 5.56 Å². The third-order valence-corrected chi connectivity index (χ3v) is 6.24. The first-order chi connectivity index (χ1) is 12.6. The molecule has 0 aromatic heterocycles. The molecule has 27 heavy (non-hydrogen) atoms. The van der Waals surface area contributed by atoms with Crippen molar-refractivity contribution in [2.45, 2.75) is 16.2 Å². The van der Waals surface area contributed by atoms with Crippen LogP contribution in [0.4, 0.5) is 5.69 Å². The average molecular weight is 411 g/mol. The van der Waals surface area contributed by atoms with E-state index in [9.17, 15) is 21.6 Å². The second kappa shape index (κ2) is 7.27. The van der Waals surface area contributed by atoms with Gasteiger partial charge < -0.3 is 10.1 Å². The maximum absolute atomic E-state index is 12.4. The largest absolute Gasteiger partial charge is 0.482 e. The summed E-state index contributed by atoms with van der Waals surface area (Å²) < 4.78 is 54.9. The summed E-state index contributed by atoms with van der Waals surface area (Å²) in [5.41, 5.74) is 1.05. The third kappa shape index (κ3) is 4.63. The molecule has 0 fully saturated rings. The van der Waals surface area contributed by atoms with Crippen LogP contribution in [0.5, 0.6) is 5.75 Å². The van der Waals surface area contributed by atoms with Crippen LogP contribution in [0.25, 0.3) is 0 Å². The van der Waals surface area contributed by atoms with Crippen molar-refractivity contribution in [2.75, 3.05) is 18.5 Å². The van der Waals surface area contributed by atoms with E-state index < -0.39 is 20.0 Å². The highest BCUT2D eigenvalue weighted by atomic mass is 32.2. The summed E-state index contributed by atoms with van der Waals surface area (Å²) in [5.74, 6) is 0.0523. The molecule has 0 spiro atoms. The molecule has 1 aliphatic rings. The normalized spacial score (nSPS) is 14.2. The fourth-order valence-corrected chi connectivity index (χ4v) is 4.06. The Morgan fingerprint density at radius 1 is 1.04 bits per heavy atom. The van der Waals surface area contributed by atoms with Crippen molar-refractivity contribution in [1.82, 2.24) is 4.72 Å². The monoisotopic (exact) mass is 411 g/mol. The second-order valence-electron chi connectivity index (χ2n) is 5.83. The first-order valence-corrected chi connectivity index (χ1v) is 10.9. The Kier molecular flexibility index (Phi) is 5.20. The number of ether oxygens (including phenoxy) is 1. The standard InChI is InChI=1S/C16H17N3O6S2/c17-26(21,22)12-3-1-11(2-4-12)7-8-18-27(23,24)13-5-6-15-14(9-13)19-16(20)10-25-15/h1-6,9,18H,7-8,10H2,(H,19,20)(H2,17,21,22). The fourth-order valence-electron chi connectivity index (χ4n) is 2.49. The van der Waals surface area contributed by atoms with Crippen molar-refractivity contribution in [3.05, 3.63) is 48.0 Å². The van der Waals surface area contributed by atoms with E-state index in [1.807, 2.05) is 0 Å². The minimum Gasteiger partial charge on any atom is -0.482 e. The lowest BCUT2D eigenvalue weighted by molar-refractivity contribution is -0.118. The molecule has 1 amide bonds. The molecule has 0 saturated heterocycles. The van der Waals surface area contributed by atoms with Crippen LogP contribution >= 0.6 is 0 Å². The zero-order valence-corrected chi connectivity index (χ0v) is 15.6. The molecule has 3 rings (SSSR count). The van der Waals surface area contributed by atoms with Gasteiger partial charge >= 0.3 is 0 Å². The van der Waals surface area contributed by atoms with Crippen LogP contribution in [-0.2, 0) is 31.3 Å². The van der Waals surface area contributed by atoms with Crippen LogP contribution in [0.3, 0.4) is 0 Å². The number of benzene rings is 2. The number of hydrogen-bond donors (Lipinski definition) is 3. The van der Waals surface area contributed by atoms with Gasteiger partial charge in [0.2, 0.25) is 20.0 Å². The van der Waals surface area contributed by atoms with Gasteiger partial charge in [0.15, 0.2) is 6.61 Å². The van der Waals surface area contributed by atoms with Gasteiger partial charge in [0.1, 0.15) is 5.75 Å². The molecule has 144 valence electrons. The molecular formula is C16H17N3O6S2. The van der Waals surface area contributed by atoms with Gasteiger partial charge in [-0.05, 0) is 42.3 Å². The number of anilines is 1. The lowest BCUT2D eigenvalue weighted by Gasteiger charge is -2.18. The van der Waals surface area contributed by atoms with Crippen molar-refractivity contribution in [3.63, 3.8) is 0 Å². The van der Waals surface area contributed by atoms with Crippen LogP contribution in [-0.4, -0.2) is 35.9 Å². The maximum atomic E-state index is 12.4. The average Bonchev–Trinajstić information content (AvgIpc) is 2.60. The van der Waals surface area contributed by atoms with E-state index in [4.69, 9.17) is 9.88 Å². The van der Waals surface area contributed by atoms with Gasteiger partial charge in [0.05, 0.1) is 15.5 Å². The lowest BCUT2D eigenvalue weighted by atomic mass is 10.2. The number of rotatable bonds is 6. The Morgan fingerprint density at radius 3 is 2.37 bits per heavy atom. The molecule has 1 aliphatic heterocycles. The van der Waals surface area contributed by atoms with Gasteiger partial charge in [-0.1, -0.05) is 12.1 Å². The van der Waals surface area contributed by atoms with Crippen molar-refractivity contribution >= 4 is 31.6 Å². The molecule has 0 radical (unpaired) electrons. The Balaban J connectivity index is 1.65. The molecule has 0 atom stereocenters. The smallest absolute Gasteiger partial charge is 0.262 e. The summed E-state index contributed by atoms with van der Waals surface area (Å²) in [5, 5.41) is 7.59. The van der Waals surface area contributed by atoms with Crippen LogP contribution in [0.2, 0.25) is 0 Å². The number of sulfonamides is 2. The molecule has 0 saturated carbocycles. The molecule has 1 heterocycles. The number of nitrogens with two attached hydrogens (primary N) is 1. The van der Waals surface area contributed by atoms with Crippen molar-refractivity contribution in [1.29, 1.82) is 0 Å². The number of amides is 1. The molecule has 0 aliphatic carbocycles. The maximum Gasteiger partial charge on any atom is 0.262 e. The number of fused-ring (bicyclic) bond motifs is 1. The summed E-state index contributed by atoms with van der Waals surface area (Å²) in [4.78, 5) is 11.3. The summed E-state index contributed by atoms with van der Waals surface area (Å²) >= 11 is 0. The van der Waals surface area contributed by atoms with Crippen molar-refractivity contribution in [3.8, 4) is 5.75 Å². The van der Waals surface area contributed by atoms with Gasteiger partial charge in [0, 0.05) is 6.54 Å². The van der Waals surface area contributed by atoms with Crippen molar-refractivity contribution in [2.24, 2.45) is 5.14 Å². The Bertz CT molecular complexity index is 1080. The number of primary sulfonamides is 1. The van der Waals surface area contributed by atoms with E-state index in [0.717, 1.165) is 5.56 Å². The Hall–Kier alpha value is -2.47. The highest BCUT2D eigenvalue weighted by Gasteiger charge is 2.20. The molecule has 9 nitrogen and oxygen atoms in total. The number of carbonyl (C=O) groups excluding carboxylic acids is 1. The molecule has 0 unspecified atom stereocenters. The topological polar surface area (TPSA) is 145 Å². The van der Waals surface area contributed by atoms with E-state index >= 15 is 0 Å². The predicted octanol–water partition coefficient (Wildman–Crippen LogP) is 0.186. The second-order valence-corrected chi connectivity index (χ2v) is 9.16. The van der Waals surface area contributed by atoms with Crippen molar-refractivity contribution < 1.29 is 26.4 Å². The third-order valence-electron chi connectivity index (χ3n) is 3.85. The molecule has 4 N–H and O–H groups in total. The van der Waals surface area contributed by atoms with Gasteiger partial charge in [-0.3, -0.25) is 4.79 Å². The SMILES string of the molecule is NS(=O)(=O)c1ccc(CCNS(=O)(=O)c2ccc3c(c2)NC(=O)CO3)cc1. The number of hydrogen-bond acceptors (Lipinski definition) is 6. The van der Waals surface area contributed by atoms with Crippen LogP contribution in [0.15, 0.2) is 52.3 Å². The Morgan fingerprint density at radius 2 is 1.70 bits per heavy atom. The van der Waals surface area contributed by atoms with Gasteiger partial charge in [0.25, 0.3) is 5.91 Å². The highest BCUT2D eigenvalue weighted by molar-refractivity contribution is 7.89. The van der Waals surface area contributed by atoms with E-state index in [-0.39, 0.29) is 28.8 Å². The zero-order valence-electron chi connectivity index (χ0n) is 14.0. The molecule has 11 heteroatoms. The van der Waals surface area contributed by atoms with Gasteiger partial charge in [-0.2, -0.15) is 0 Å². The predicted molar refractivity (Wildman–Crippen MR) is 97.3 cm³/mol. The van der Waals surface area contributed by atoms with E-state index in [1.165, 1.54) is 30.3 Å². The summed E-state index contributed by atoms with van der Waals surface area (Å²) in [6, 6.07) is 10.1. The highest BCUT2D eigenvalue weighted by Crippen LogP contribution is 2.29. The summed E-state index contributed by atoms with van der Waals surface area (Å²) in [7, 11) is -7.55. The van der Waals surface area contributed by atoms with E-state index in [0.29, 0.717) is 17.9 Å². The fraction of sp³-hybridized carbons (Fsp3) is 0.188. The Labute approximate surface area is 156 Å². The van der Waals surface area contributed by atoms with Crippen LogP contribution < -0.4 is 19.9 Å².